The van der Waals surface area contributed by atoms with E-state index in [1.807, 2.05) is 13.8 Å². The topological polar surface area (TPSA) is 45.6 Å². The molecule has 0 saturated heterocycles. The summed E-state index contributed by atoms with van der Waals surface area (Å²) in [6.45, 7) is 3.84. The van der Waals surface area contributed by atoms with Gasteiger partial charge in [-0.15, -0.1) is 0 Å². The van der Waals surface area contributed by atoms with Gasteiger partial charge < -0.3 is 0 Å². The molecule has 84 valence electrons. The van der Waals surface area contributed by atoms with Crippen LogP contribution in [0, 0.1) is 5.92 Å². The molecule has 4 nitrogen and oxygen atoms in total. The summed E-state index contributed by atoms with van der Waals surface area (Å²) in [6, 6.07) is 3.47. The maximum atomic E-state index is 12.0. The average molecular weight is 238 g/mol. The van der Waals surface area contributed by atoms with Crippen molar-refractivity contribution in [2.24, 2.45) is 11.0 Å². The van der Waals surface area contributed by atoms with Crippen molar-refractivity contribution in [3.63, 3.8) is 0 Å². The van der Waals surface area contributed by atoms with Gasteiger partial charge in [0.25, 0.3) is 5.91 Å². The van der Waals surface area contributed by atoms with E-state index >= 15 is 0 Å². The van der Waals surface area contributed by atoms with Crippen molar-refractivity contribution in [1.29, 1.82) is 0 Å². The minimum absolute atomic E-state index is 0.0493. The van der Waals surface area contributed by atoms with Gasteiger partial charge in [-0.2, -0.15) is 10.1 Å². The lowest BCUT2D eigenvalue weighted by Crippen LogP contribution is -2.25. The molecule has 0 radical (unpaired) electrons. The van der Waals surface area contributed by atoms with Gasteiger partial charge in [0, 0.05) is 6.20 Å². The number of amides is 1. The molecule has 0 aromatic carbocycles. The van der Waals surface area contributed by atoms with Crippen LogP contribution in [-0.4, -0.2) is 16.6 Å². The number of hydrazone groups is 1. The third-order valence-corrected chi connectivity index (χ3v) is 2.93. The molecular weight excluding hydrogens is 226 g/mol. The van der Waals surface area contributed by atoms with E-state index in [4.69, 9.17) is 11.6 Å². The van der Waals surface area contributed by atoms with E-state index in [-0.39, 0.29) is 11.8 Å². The van der Waals surface area contributed by atoms with Crippen LogP contribution in [0.1, 0.15) is 20.3 Å². The van der Waals surface area contributed by atoms with Crippen molar-refractivity contribution in [3.05, 3.63) is 23.5 Å². The Bertz CT molecular complexity index is 458. The largest absolute Gasteiger partial charge is 0.272 e. The van der Waals surface area contributed by atoms with E-state index in [0.717, 1.165) is 12.1 Å². The molecule has 1 aliphatic heterocycles. The number of halogens is 1. The van der Waals surface area contributed by atoms with Gasteiger partial charge in [-0.25, -0.2) is 4.98 Å². The van der Waals surface area contributed by atoms with Crippen LogP contribution in [0.4, 0.5) is 5.69 Å². The minimum Gasteiger partial charge on any atom is -0.272 e. The first-order valence-corrected chi connectivity index (χ1v) is 5.54. The first-order valence-electron chi connectivity index (χ1n) is 5.17. The summed E-state index contributed by atoms with van der Waals surface area (Å²) in [5, 5.41) is 5.92. The molecule has 1 amide bonds. The first-order chi connectivity index (χ1) is 7.65. The van der Waals surface area contributed by atoms with E-state index in [1.54, 1.807) is 18.3 Å². The average Bonchev–Trinajstić information content (AvgIpc) is 2.57. The zero-order chi connectivity index (χ0) is 11.7. The van der Waals surface area contributed by atoms with Crippen molar-refractivity contribution in [2.45, 2.75) is 20.3 Å². The normalized spacial score (nSPS) is 20.2. The highest BCUT2D eigenvalue weighted by atomic mass is 35.5. The lowest BCUT2D eigenvalue weighted by Gasteiger charge is -2.13. The molecule has 1 aromatic rings. The van der Waals surface area contributed by atoms with Crippen LogP contribution in [0.15, 0.2) is 23.4 Å². The molecule has 0 fully saturated rings. The summed E-state index contributed by atoms with van der Waals surface area (Å²) < 4.78 is 0. The van der Waals surface area contributed by atoms with Crippen LogP contribution < -0.4 is 5.01 Å². The Balaban J connectivity index is 2.40. The number of carbonyl (C=O) groups excluding carboxylic acids is 1. The number of nitrogens with zero attached hydrogens (tertiary/aromatic N) is 3. The third kappa shape index (κ3) is 1.69. The molecule has 2 rings (SSSR count). The fraction of sp³-hybridized carbons (Fsp3) is 0.364. The van der Waals surface area contributed by atoms with Crippen LogP contribution in [0.25, 0.3) is 0 Å². The van der Waals surface area contributed by atoms with E-state index in [1.165, 1.54) is 5.01 Å². The molecule has 16 heavy (non-hydrogen) atoms. The molecule has 1 aliphatic rings. The summed E-state index contributed by atoms with van der Waals surface area (Å²) in [5.41, 5.74) is 1.43. The van der Waals surface area contributed by atoms with Gasteiger partial charge in [-0.05, 0) is 25.5 Å². The smallest absolute Gasteiger partial charge is 0.256 e. The van der Waals surface area contributed by atoms with Gasteiger partial charge in [0.2, 0.25) is 0 Å². The second-order valence-corrected chi connectivity index (χ2v) is 3.99. The number of rotatable bonds is 2. The standard InChI is InChI=1S/C11H12ClN3O/c1-3-8-7(2)11(16)15(14-8)9-5-4-6-13-10(9)12/h4-7H,3H2,1-2H3. The molecule has 0 spiro atoms. The Morgan fingerprint density at radius 3 is 2.88 bits per heavy atom. The van der Waals surface area contributed by atoms with Gasteiger partial charge in [0.05, 0.1) is 11.6 Å². The molecule has 0 N–H and O–H groups in total. The number of hydrogen-bond donors (Lipinski definition) is 0. The third-order valence-electron chi connectivity index (χ3n) is 2.64. The number of hydrogen-bond acceptors (Lipinski definition) is 3. The van der Waals surface area contributed by atoms with E-state index < -0.39 is 0 Å². The maximum Gasteiger partial charge on any atom is 0.256 e. The van der Waals surface area contributed by atoms with Gasteiger partial charge >= 0.3 is 0 Å². The Hall–Kier alpha value is -1.42. The van der Waals surface area contributed by atoms with Gasteiger partial charge in [-0.1, -0.05) is 18.5 Å². The summed E-state index contributed by atoms with van der Waals surface area (Å²) in [7, 11) is 0. The second-order valence-electron chi connectivity index (χ2n) is 3.63. The van der Waals surface area contributed by atoms with E-state index in [9.17, 15) is 4.79 Å². The molecule has 1 aromatic heterocycles. The summed E-state index contributed by atoms with van der Waals surface area (Å²) >= 11 is 5.93. The van der Waals surface area contributed by atoms with Crippen LogP contribution in [0.5, 0.6) is 0 Å². The van der Waals surface area contributed by atoms with Crippen molar-refractivity contribution in [3.8, 4) is 0 Å². The second kappa shape index (κ2) is 4.22. The van der Waals surface area contributed by atoms with Crippen LogP contribution >= 0.6 is 11.6 Å². The fourth-order valence-corrected chi connectivity index (χ4v) is 1.87. The van der Waals surface area contributed by atoms with Crippen molar-refractivity contribution >= 4 is 28.9 Å². The zero-order valence-electron chi connectivity index (χ0n) is 9.14. The van der Waals surface area contributed by atoms with Crippen LogP contribution in [-0.2, 0) is 4.79 Å². The quantitative estimate of drug-likeness (QED) is 0.742. The van der Waals surface area contributed by atoms with Gasteiger partial charge in [-0.3, -0.25) is 4.79 Å². The molecular formula is C11H12ClN3O. The summed E-state index contributed by atoms with van der Waals surface area (Å²) in [6.07, 6.45) is 2.35. The Labute approximate surface area is 98.9 Å². The van der Waals surface area contributed by atoms with E-state index in [0.29, 0.717) is 10.8 Å². The highest BCUT2D eigenvalue weighted by Crippen LogP contribution is 2.29. The lowest BCUT2D eigenvalue weighted by molar-refractivity contribution is -0.119. The molecule has 1 unspecified atom stereocenters. The monoisotopic (exact) mass is 237 g/mol. The Morgan fingerprint density at radius 2 is 2.31 bits per heavy atom. The maximum absolute atomic E-state index is 12.0. The molecule has 1 atom stereocenters. The van der Waals surface area contributed by atoms with Crippen molar-refractivity contribution in [1.82, 2.24) is 4.98 Å². The van der Waals surface area contributed by atoms with Crippen molar-refractivity contribution < 1.29 is 4.79 Å². The van der Waals surface area contributed by atoms with Crippen LogP contribution in [0.3, 0.4) is 0 Å². The molecule has 5 heteroatoms. The number of aromatic nitrogens is 1. The van der Waals surface area contributed by atoms with Crippen LogP contribution in [0.2, 0.25) is 5.15 Å². The SMILES string of the molecule is CCC1=NN(c2cccnc2Cl)C(=O)C1C. The summed E-state index contributed by atoms with van der Waals surface area (Å²) in [4.78, 5) is 15.9. The van der Waals surface area contributed by atoms with E-state index in [2.05, 4.69) is 10.1 Å². The fourth-order valence-electron chi connectivity index (χ4n) is 1.68. The number of carbonyl (C=O) groups is 1. The predicted molar refractivity (Wildman–Crippen MR) is 63.6 cm³/mol. The minimum atomic E-state index is -0.165. The summed E-state index contributed by atoms with van der Waals surface area (Å²) in [5.74, 6) is -0.215. The van der Waals surface area contributed by atoms with Crippen molar-refractivity contribution in [2.75, 3.05) is 5.01 Å². The molecule has 2 heterocycles. The number of pyridine rings is 1. The predicted octanol–water partition coefficient (Wildman–Crippen LogP) is 2.48. The zero-order valence-corrected chi connectivity index (χ0v) is 9.90. The lowest BCUT2D eigenvalue weighted by atomic mass is 10.0. The Kier molecular flexibility index (Phi) is 2.92. The number of anilines is 1. The Morgan fingerprint density at radius 1 is 1.56 bits per heavy atom. The molecule has 0 bridgehead atoms. The molecule has 0 saturated carbocycles. The van der Waals surface area contributed by atoms with Gasteiger partial charge in [0.1, 0.15) is 5.69 Å². The van der Waals surface area contributed by atoms with Gasteiger partial charge in [0.15, 0.2) is 5.15 Å². The highest BCUT2D eigenvalue weighted by molar-refractivity contribution is 6.33. The highest BCUT2D eigenvalue weighted by Gasteiger charge is 2.33. The first kappa shape index (κ1) is 11.1. The molecule has 0 aliphatic carbocycles.